The number of methoxy groups -OCH3 is 1. The van der Waals surface area contributed by atoms with Gasteiger partial charge in [0, 0.05) is 34.3 Å². The zero-order chi connectivity index (χ0) is 23.2. The number of carbonyl (C=O) groups is 1. The molecule has 0 radical (unpaired) electrons. The predicted molar refractivity (Wildman–Crippen MR) is 107 cm³/mol. The van der Waals surface area contributed by atoms with Crippen molar-refractivity contribution in [1.29, 1.82) is 0 Å². The third-order valence-electron chi connectivity index (χ3n) is 4.15. The average molecular weight is 460 g/mol. The van der Waals surface area contributed by atoms with Crippen molar-refractivity contribution in [3.63, 3.8) is 0 Å². The molecule has 0 unspecified atom stereocenters. The molecule has 7 nitrogen and oxygen atoms in total. The van der Waals surface area contributed by atoms with Gasteiger partial charge in [0.1, 0.15) is 10.6 Å². The van der Waals surface area contributed by atoms with Crippen LogP contribution in [0.15, 0.2) is 53.4 Å². The van der Waals surface area contributed by atoms with E-state index in [0.717, 1.165) is 18.2 Å². The summed E-state index contributed by atoms with van der Waals surface area (Å²) in [5, 5.41) is 0. The first-order valence-corrected chi connectivity index (χ1v) is 10.5. The maximum atomic E-state index is 12.9. The second-order valence-corrected chi connectivity index (χ2v) is 8.35. The topological polar surface area (TPSA) is 76.1 Å². The molecule has 0 aliphatic carbocycles. The molecule has 0 saturated heterocycles. The fourth-order valence-corrected chi connectivity index (χ4v) is 3.62. The van der Waals surface area contributed by atoms with Crippen LogP contribution in [-0.2, 0) is 27.6 Å². The van der Waals surface area contributed by atoms with Crippen molar-refractivity contribution >= 4 is 16.1 Å². The van der Waals surface area contributed by atoms with Gasteiger partial charge in [0.05, 0.1) is 12.2 Å². The summed E-state index contributed by atoms with van der Waals surface area (Å²) in [5.74, 6) is -0.0843. The van der Waals surface area contributed by atoms with Gasteiger partial charge in [0.2, 0.25) is 0 Å². The Hall–Kier alpha value is -2.79. The number of nitrogens with zero attached hydrogens (tertiary/aromatic N) is 2. The summed E-state index contributed by atoms with van der Waals surface area (Å²) in [6.45, 7) is 0.766. The van der Waals surface area contributed by atoms with Crippen LogP contribution in [0.5, 0.6) is 5.75 Å². The van der Waals surface area contributed by atoms with Gasteiger partial charge in [-0.05, 0) is 35.9 Å². The minimum absolute atomic E-state index is 0.0843. The maximum absolute atomic E-state index is 12.9. The summed E-state index contributed by atoms with van der Waals surface area (Å²) in [6, 6.07) is 9.02. The van der Waals surface area contributed by atoms with Crippen LogP contribution in [0.2, 0.25) is 0 Å². The zero-order valence-corrected chi connectivity index (χ0v) is 18.0. The molecule has 2 rings (SSSR count). The van der Waals surface area contributed by atoms with Gasteiger partial charge < -0.3 is 18.7 Å². The van der Waals surface area contributed by atoms with Gasteiger partial charge >= 0.3 is 22.3 Å². The number of hydrogen-bond donors (Lipinski definition) is 0. The molecule has 0 aliphatic heterocycles. The number of alkyl halides is 3. The van der Waals surface area contributed by atoms with Crippen molar-refractivity contribution in [2.45, 2.75) is 17.6 Å². The Morgan fingerprint density at radius 2 is 1.74 bits per heavy atom. The molecule has 2 aromatic rings. The van der Waals surface area contributed by atoms with Crippen LogP contribution in [0.25, 0.3) is 0 Å². The SMILES string of the molecule is COCCN(Cc1cccc(OS(=O)(=O)c2cccc(C(F)(F)F)c2)c1)C(=O)N(C)C. The molecule has 2 amide bonds. The van der Waals surface area contributed by atoms with E-state index < -0.39 is 26.8 Å². The molecule has 0 bridgehead atoms. The Kier molecular flexibility index (Phi) is 7.91. The number of rotatable bonds is 8. The van der Waals surface area contributed by atoms with Gasteiger partial charge in [-0.15, -0.1) is 0 Å². The molecule has 31 heavy (non-hydrogen) atoms. The Labute approximate surface area is 179 Å². The van der Waals surface area contributed by atoms with Gasteiger partial charge in [-0.3, -0.25) is 0 Å². The fraction of sp³-hybridized carbons (Fsp3) is 0.350. The minimum atomic E-state index is -4.68. The van der Waals surface area contributed by atoms with E-state index in [1.807, 2.05) is 0 Å². The quantitative estimate of drug-likeness (QED) is 0.563. The Morgan fingerprint density at radius 1 is 1.06 bits per heavy atom. The standard InChI is InChI=1S/C20H23F3N2O5S/c1-24(2)19(26)25(10-11-29-3)14-15-6-4-8-17(12-15)30-31(27,28)18-9-5-7-16(13-18)20(21,22)23/h4-9,12-13H,10-11,14H2,1-3H3. The van der Waals surface area contributed by atoms with Crippen molar-refractivity contribution in [1.82, 2.24) is 9.80 Å². The highest BCUT2D eigenvalue weighted by Gasteiger charge is 2.32. The van der Waals surface area contributed by atoms with Crippen LogP contribution >= 0.6 is 0 Å². The summed E-state index contributed by atoms with van der Waals surface area (Å²) in [4.78, 5) is 14.6. The number of ether oxygens (including phenoxy) is 1. The minimum Gasteiger partial charge on any atom is -0.383 e. The second-order valence-electron chi connectivity index (χ2n) is 6.80. The van der Waals surface area contributed by atoms with E-state index in [1.54, 1.807) is 20.2 Å². The van der Waals surface area contributed by atoms with Gasteiger partial charge in [-0.2, -0.15) is 21.6 Å². The number of carbonyl (C=O) groups excluding carboxylic acids is 1. The number of hydrogen-bond acceptors (Lipinski definition) is 5. The van der Waals surface area contributed by atoms with Gasteiger partial charge in [-0.1, -0.05) is 18.2 Å². The molecule has 0 fully saturated rings. The molecule has 2 aromatic carbocycles. The lowest BCUT2D eigenvalue weighted by Crippen LogP contribution is -2.40. The highest BCUT2D eigenvalue weighted by Crippen LogP contribution is 2.31. The van der Waals surface area contributed by atoms with Crippen LogP contribution in [0.3, 0.4) is 0 Å². The first-order valence-electron chi connectivity index (χ1n) is 9.10. The van der Waals surface area contributed by atoms with Gasteiger partial charge in [0.15, 0.2) is 0 Å². The Morgan fingerprint density at radius 3 is 2.35 bits per heavy atom. The molecular weight excluding hydrogens is 437 g/mol. The number of amides is 2. The van der Waals surface area contributed by atoms with Crippen molar-refractivity contribution < 1.29 is 35.3 Å². The summed E-state index contributed by atoms with van der Waals surface area (Å²) in [7, 11) is 0.212. The molecule has 0 aromatic heterocycles. The molecule has 0 heterocycles. The summed E-state index contributed by atoms with van der Waals surface area (Å²) < 4.78 is 73.7. The largest absolute Gasteiger partial charge is 0.416 e. The Bertz CT molecular complexity index is 1010. The van der Waals surface area contributed by atoms with Crippen molar-refractivity contribution in [3.8, 4) is 5.75 Å². The van der Waals surface area contributed by atoms with Crippen LogP contribution in [0.1, 0.15) is 11.1 Å². The van der Waals surface area contributed by atoms with Gasteiger partial charge in [-0.25, -0.2) is 4.79 Å². The maximum Gasteiger partial charge on any atom is 0.416 e. The van der Waals surface area contributed by atoms with E-state index in [-0.39, 0.29) is 18.3 Å². The third-order valence-corrected chi connectivity index (χ3v) is 5.39. The lowest BCUT2D eigenvalue weighted by atomic mass is 10.2. The zero-order valence-electron chi connectivity index (χ0n) is 17.2. The predicted octanol–water partition coefficient (Wildman–Crippen LogP) is 3.60. The van der Waals surface area contributed by atoms with Crippen LogP contribution in [0.4, 0.5) is 18.0 Å². The van der Waals surface area contributed by atoms with E-state index in [4.69, 9.17) is 8.92 Å². The number of benzene rings is 2. The van der Waals surface area contributed by atoms with Crippen molar-refractivity contribution in [2.24, 2.45) is 0 Å². The lowest BCUT2D eigenvalue weighted by molar-refractivity contribution is -0.137. The summed E-state index contributed by atoms with van der Waals surface area (Å²) in [6.07, 6.45) is -4.68. The fourth-order valence-electron chi connectivity index (χ4n) is 2.65. The van der Waals surface area contributed by atoms with Crippen molar-refractivity contribution in [2.75, 3.05) is 34.4 Å². The highest BCUT2D eigenvalue weighted by atomic mass is 32.2. The molecule has 0 aliphatic rings. The van der Waals surface area contributed by atoms with E-state index in [1.165, 1.54) is 35.1 Å². The molecule has 0 atom stereocenters. The number of halogens is 3. The Balaban J connectivity index is 2.24. The molecular formula is C20H23F3N2O5S. The first kappa shape index (κ1) is 24.5. The monoisotopic (exact) mass is 460 g/mol. The molecule has 0 saturated carbocycles. The van der Waals surface area contributed by atoms with E-state index in [0.29, 0.717) is 24.8 Å². The van der Waals surface area contributed by atoms with E-state index in [2.05, 4.69) is 0 Å². The molecule has 11 heteroatoms. The molecule has 170 valence electrons. The summed E-state index contributed by atoms with van der Waals surface area (Å²) >= 11 is 0. The average Bonchev–Trinajstić information content (AvgIpc) is 2.70. The van der Waals surface area contributed by atoms with Crippen molar-refractivity contribution in [3.05, 3.63) is 59.7 Å². The first-order chi connectivity index (χ1) is 14.4. The van der Waals surface area contributed by atoms with Crippen LogP contribution < -0.4 is 4.18 Å². The van der Waals surface area contributed by atoms with E-state index >= 15 is 0 Å². The molecule has 0 spiro atoms. The third kappa shape index (κ3) is 6.86. The highest BCUT2D eigenvalue weighted by molar-refractivity contribution is 7.87. The van der Waals surface area contributed by atoms with Crippen LogP contribution in [-0.4, -0.2) is 58.6 Å². The number of urea groups is 1. The molecule has 0 N–H and O–H groups in total. The van der Waals surface area contributed by atoms with E-state index in [9.17, 15) is 26.4 Å². The lowest BCUT2D eigenvalue weighted by Gasteiger charge is -2.26. The summed E-state index contributed by atoms with van der Waals surface area (Å²) in [5.41, 5.74) is -0.523. The smallest absolute Gasteiger partial charge is 0.383 e. The van der Waals surface area contributed by atoms with Crippen LogP contribution in [0, 0.1) is 0 Å². The normalized spacial score (nSPS) is 11.8. The second kappa shape index (κ2) is 10.0. The van der Waals surface area contributed by atoms with Gasteiger partial charge in [0.25, 0.3) is 0 Å².